The summed E-state index contributed by atoms with van der Waals surface area (Å²) in [7, 11) is 0. The molecule has 0 saturated carbocycles. The van der Waals surface area contributed by atoms with E-state index in [1.54, 1.807) is 19.1 Å². The molecule has 7 nitrogen and oxygen atoms in total. The summed E-state index contributed by atoms with van der Waals surface area (Å²) in [5.41, 5.74) is 1.64. The van der Waals surface area contributed by atoms with E-state index < -0.39 is 0 Å². The van der Waals surface area contributed by atoms with Crippen LogP contribution < -0.4 is 0 Å². The fourth-order valence-corrected chi connectivity index (χ4v) is 2.35. The Bertz CT molecular complexity index is 955. The van der Waals surface area contributed by atoms with E-state index in [2.05, 4.69) is 36.2 Å². The minimum atomic E-state index is 0.322. The molecule has 0 radical (unpaired) electrons. The van der Waals surface area contributed by atoms with Crippen molar-refractivity contribution in [3.63, 3.8) is 0 Å². The molecule has 0 aliphatic heterocycles. The quantitative estimate of drug-likeness (QED) is 0.534. The van der Waals surface area contributed by atoms with E-state index in [4.69, 9.17) is 13.5 Å². The van der Waals surface area contributed by atoms with Gasteiger partial charge in [-0.1, -0.05) is 22.4 Å². The molecule has 0 saturated heterocycles. The Morgan fingerprint density at radius 3 is 2.22 bits per heavy atom. The van der Waals surface area contributed by atoms with E-state index >= 15 is 0 Å². The van der Waals surface area contributed by atoms with Gasteiger partial charge in [0.1, 0.15) is 0 Å². The summed E-state index contributed by atoms with van der Waals surface area (Å²) in [5, 5.41) is 7.74. The van der Waals surface area contributed by atoms with E-state index in [0.29, 0.717) is 33.9 Å². The minimum Gasteiger partial charge on any atom is -0.444 e. The summed E-state index contributed by atoms with van der Waals surface area (Å²) in [6.45, 7) is 1.77. The highest BCUT2D eigenvalue weighted by molar-refractivity contribution is 9.10. The van der Waals surface area contributed by atoms with Crippen LogP contribution >= 0.6 is 15.9 Å². The lowest BCUT2D eigenvalue weighted by atomic mass is 10.1. The van der Waals surface area contributed by atoms with Gasteiger partial charge in [-0.25, -0.2) is 0 Å². The predicted molar refractivity (Wildman–Crippen MR) is 83.2 cm³/mol. The summed E-state index contributed by atoms with van der Waals surface area (Å²) >= 11 is 3.24. The average molecular weight is 373 g/mol. The van der Waals surface area contributed by atoms with Gasteiger partial charge in [-0.2, -0.15) is 9.97 Å². The summed E-state index contributed by atoms with van der Waals surface area (Å²) in [6.07, 6.45) is 0. The molecule has 0 N–H and O–H groups in total. The van der Waals surface area contributed by atoms with E-state index in [1.807, 2.05) is 24.3 Å². The molecule has 1 aromatic carbocycles. The zero-order chi connectivity index (χ0) is 15.8. The van der Waals surface area contributed by atoms with Gasteiger partial charge in [0.05, 0.1) is 0 Å². The highest BCUT2D eigenvalue weighted by Gasteiger charge is 2.14. The lowest BCUT2D eigenvalue weighted by Crippen LogP contribution is -1.83. The Morgan fingerprint density at radius 1 is 0.826 bits per heavy atom. The summed E-state index contributed by atoms with van der Waals surface area (Å²) < 4.78 is 16.3. The number of benzene rings is 1. The van der Waals surface area contributed by atoms with Crippen LogP contribution in [-0.4, -0.2) is 20.3 Å². The van der Waals surface area contributed by atoms with Crippen molar-refractivity contribution in [2.75, 3.05) is 0 Å². The third-order valence-corrected chi connectivity index (χ3v) is 3.55. The number of furan rings is 1. The van der Waals surface area contributed by atoms with Gasteiger partial charge < -0.3 is 13.5 Å². The number of hydrogen-bond acceptors (Lipinski definition) is 7. The Labute approximate surface area is 138 Å². The number of aromatic nitrogens is 4. The van der Waals surface area contributed by atoms with Crippen LogP contribution in [0.2, 0.25) is 0 Å². The fourth-order valence-electron chi connectivity index (χ4n) is 2.05. The maximum atomic E-state index is 5.39. The number of halogens is 1. The molecule has 0 amide bonds. The molecular weight excluding hydrogens is 364 g/mol. The van der Waals surface area contributed by atoms with E-state index in [-0.39, 0.29) is 0 Å². The number of aryl methyl sites for hydroxylation is 1. The Hall–Kier alpha value is -2.74. The molecule has 0 bridgehead atoms. The van der Waals surface area contributed by atoms with Gasteiger partial charge in [0.15, 0.2) is 16.3 Å². The van der Waals surface area contributed by atoms with Crippen molar-refractivity contribution in [2.24, 2.45) is 0 Å². The Balaban J connectivity index is 1.62. The van der Waals surface area contributed by atoms with Gasteiger partial charge >= 0.3 is 0 Å². The molecule has 0 aliphatic rings. The molecule has 23 heavy (non-hydrogen) atoms. The summed E-state index contributed by atoms with van der Waals surface area (Å²) in [5.74, 6) is 2.37. The molecule has 4 aromatic rings. The van der Waals surface area contributed by atoms with Gasteiger partial charge in [-0.3, -0.25) is 0 Å². The van der Waals surface area contributed by atoms with Crippen LogP contribution in [0.25, 0.3) is 34.5 Å². The predicted octanol–water partition coefficient (Wildman–Crippen LogP) is 4.12. The maximum absolute atomic E-state index is 5.39. The van der Waals surface area contributed by atoms with Crippen LogP contribution in [0.1, 0.15) is 5.82 Å². The van der Waals surface area contributed by atoms with E-state index in [0.717, 1.165) is 11.1 Å². The van der Waals surface area contributed by atoms with Crippen LogP contribution in [0.15, 0.2) is 54.5 Å². The third kappa shape index (κ3) is 2.68. The minimum absolute atomic E-state index is 0.322. The molecule has 0 fully saturated rings. The van der Waals surface area contributed by atoms with Gasteiger partial charge in [-0.05, 0) is 47.1 Å². The molecular formula is C15H9BrN4O3. The fraction of sp³-hybridized carbons (Fsp3) is 0.0667. The zero-order valence-corrected chi connectivity index (χ0v) is 13.4. The highest BCUT2D eigenvalue weighted by atomic mass is 79.9. The second-order valence-corrected chi connectivity index (χ2v) is 5.53. The maximum Gasteiger partial charge on any atom is 0.293 e. The van der Waals surface area contributed by atoms with Crippen molar-refractivity contribution in [1.82, 2.24) is 20.3 Å². The lowest BCUT2D eigenvalue weighted by molar-refractivity contribution is 0.414. The number of nitrogens with zero attached hydrogens (tertiary/aromatic N) is 4. The average Bonchev–Trinajstić information content (AvgIpc) is 3.28. The van der Waals surface area contributed by atoms with Crippen LogP contribution in [0.5, 0.6) is 0 Å². The van der Waals surface area contributed by atoms with Crippen molar-refractivity contribution in [2.45, 2.75) is 6.92 Å². The lowest BCUT2D eigenvalue weighted by Gasteiger charge is -1.96. The topological polar surface area (TPSA) is 91.0 Å². The van der Waals surface area contributed by atoms with Crippen molar-refractivity contribution in [3.8, 4) is 34.5 Å². The third-order valence-electron chi connectivity index (χ3n) is 3.13. The molecule has 3 aromatic heterocycles. The van der Waals surface area contributed by atoms with Crippen LogP contribution in [-0.2, 0) is 0 Å². The molecule has 0 atom stereocenters. The molecule has 3 heterocycles. The SMILES string of the molecule is Cc1noc(-c2ccc(-c3noc(-c4ccc(Br)o4)n3)cc2)n1. The van der Waals surface area contributed by atoms with Crippen molar-refractivity contribution in [3.05, 3.63) is 46.9 Å². The number of hydrogen-bond donors (Lipinski definition) is 0. The zero-order valence-electron chi connectivity index (χ0n) is 11.9. The normalized spacial score (nSPS) is 11.0. The first-order valence-electron chi connectivity index (χ1n) is 6.69. The van der Waals surface area contributed by atoms with Crippen molar-refractivity contribution < 1.29 is 13.5 Å². The molecule has 0 aliphatic carbocycles. The van der Waals surface area contributed by atoms with Gasteiger partial charge in [0.2, 0.25) is 5.82 Å². The monoisotopic (exact) mass is 372 g/mol. The van der Waals surface area contributed by atoms with Crippen molar-refractivity contribution in [1.29, 1.82) is 0 Å². The first kappa shape index (κ1) is 13.9. The molecule has 8 heteroatoms. The molecule has 0 spiro atoms. The van der Waals surface area contributed by atoms with Crippen LogP contribution in [0, 0.1) is 6.92 Å². The molecule has 4 rings (SSSR count). The first-order valence-corrected chi connectivity index (χ1v) is 7.49. The Morgan fingerprint density at radius 2 is 1.57 bits per heavy atom. The van der Waals surface area contributed by atoms with Gasteiger partial charge in [-0.15, -0.1) is 0 Å². The van der Waals surface area contributed by atoms with Gasteiger partial charge in [0, 0.05) is 11.1 Å². The summed E-state index contributed by atoms with van der Waals surface area (Å²) in [6, 6.07) is 11.0. The second kappa shape index (κ2) is 5.47. The van der Waals surface area contributed by atoms with Crippen LogP contribution in [0.4, 0.5) is 0 Å². The highest BCUT2D eigenvalue weighted by Crippen LogP contribution is 2.27. The second-order valence-electron chi connectivity index (χ2n) is 4.75. The molecule has 0 unspecified atom stereocenters. The Kier molecular flexibility index (Phi) is 3.30. The first-order chi connectivity index (χ1) is 11.2. The largest absolute Gasteiger partial charge is 0.444 e. The van der Waals surface area contributed by atoms with Crippen LogP contribution in [0.3, 0.4) is 0 Å². The smallest absolute Gasteiger partial charge is 0.293 e. The van der Waals surface area contributed by atoms with E-state index in [9.17, 15) is 0 Å². The standard InChI is InChI=1S/C15H9BrN4O3/c1-8-17-14(22-19-8)10-4-2-9(3-5-10)13-18-15(23-20-13)11-6-7-12(16)21-11/h2-7H,1H3. The van der Waals surface area contributed by atoms with Gasteiger partial charge in [0.25, 0.3) is 11.8 Å². The van der Waals surface area contributed by atoms with E-state index in [1.165, 1.54) is 0 Å². The summed E-state index contributed by atoms with van der Waals surface area (Å²) in [4.78, 5) is 8.51. The molecule has 114 valence electrons. The number of rotatable bonds is 3. The van der Waals surface area contributed by atoms with Crippen molar-refractivity contribution >= 4 is 15.9 Å².